The fourth-order valence-electron chi connectivity index (χ4n) is 9.70. The Balaban J connectivity index is 1.34. The maximum atomic E-state index is 14.1. The summed E-state index contributed by atoms with van der Waals surface area (Å²) in [6.45, 7) is 7.08. The Morgan fingerprint density at radius 1 is 0.853 bits per heavy atom. The molecule has 2 fully saturated rings. The molecule has 7 atom stereocenters. The van der Waals surface area contributed by atoms with E-state index in [1.807, 2.05) is 9.36 Å². The first kappa shape index (κ1) is 21.5. The molecule has 34 heavy (non-hydrogen) atoms. The first-order valence-corrected chi connectivity index (χ1v) is 14.2. The first-order chi connectivity index (χ1) is 16.3. The average molecular weight is 464 g/mol. The van der Waals surface area contributed by atoms with Crippen molar-refractivity contribution in [3.05, 3.63) is 44.8 Å². The van der Waals surface area contributed by atoms with Crippen molar-refractivity contribution in [3.8, 4) is 0 Å². The highest BCUT2D eigenvalue weighted by atomic mass is 16.2. The number of nitrogens with zero attached hydrogens (tertiary/aromatic N) is 3. The lowest BCUT2D eigenvalue weighted by Gasteiger charge is -2.60. The van der Waals surface area contributed by atoms with E-state index in [4.69, 9.17) is 0 Å². The summed E-state index contributed by atoms with van der Waals surface area (Å²) in [6, 6.07) is 0.0326. The molecular formula is C29H41N3O2. The van der Waals surface area contributed by atoms with Crippen molar-refractivity contribution in [3.63, 3.8) is 0 Å². The van der Waals surface area contributed by atoms with E-state index < -0.39 is 0 Å². The van der Waals surface area contributed by atoms with Gasteiger partial charge in [-0.15, -0.1) is 0 Å². The zero-order valence-corrected chi connectivity index (χ0v) is 21.3. The van der Waals surface area contributed by atoms with Crippen molar-refractivity contribution >= 4 is 0 Å². The van der Waals surface area contributed by atoms with E-state index in [9.17, 15) is 9.59 Å². The van der Waals surface area contributed by atoms with Crippen LogP contribution in [-0.4, -0.2) is 13.9 Å². The van der Waals surface area contributed by atoms with Gasteiger partial charge < -0.3 is 0 Å². The normalized spacial score (nSPS) is 44.0. The molecule has 5 heteroatoms. The largest absolute Gasteiger partial charge is 0.348 e. The molecule has 1 spiro atoms. The Morgan fingerprint density at radius 2 is 1.56 bits per heavy atom. The van der Waals surface area contributed by atoms with Gasteiger partial charge in [0, 0.05) is 17.4 Å². The molecule has 0 unspecified atom stereocenters. The Bertz CT molecular complexity index is 1210. The van der Waals surface area contributed by atoms with Gasteiger partial charge in [0.25, 0.3) is 0 Å². The molecule has 3 heterocycles. The van der Waals surface area contributed by atoms with Crippen molar-refractivity contribution in [1.82, 2.24) is 13.9 Å². The molecule has 0 N–H and O–H groups in total. The van der Waals surface area contributed by atoms with Gasteiger partial charge in [0.15, 0.2) is 0 Å². The van der Waals surface area contributed by atoms with Gasteiger partial charge in [-0.05, 0) is 55.3 Å². The molecule has 5 aliphatic carbocycles. The van der Waals surface area contributed by atoms with Crippen LogP contribution in [0.5, 0.6) is 0 Å². The number of allylic oxidation sites excluding steroid dienone is 4. The van der Waals surface area contributed by atoms with Crippen LogP contribution in [-0.2, 0) is 0 Å². The lowest BCUT2D eigenvalue weighted by Crippen LogP contribution is -2.59. The molecule has 0 saturated heterocycles. The third-order valence-corrected chi connectivity index (χ3v) is 12.0. The number of aromatic nitrogens is 3. The van der Waals surface area contributed by atoms with E-state index in [1.165, 1.54) is 57.8 Å². The van der Waals surface area contributed by atoms with Crippen LogP contribution in [0, 0.1) is 28.1 Å². The molecular weight excluding hydrogens is 422 g/mol. The summed E-state index contributed by atoms with van der Waals surface area (Å²) in [5, 5.41) is 0. The number of rotatable bonds is 1. The molecule has 7 aliphatic rings. The Labute approximate surface area is 202 Å². The predicted octanol–water partition coefficient (Wildman–Crippen LogP) is 5.93. The topological polar surface area (TPSA) is 48.9 Å². The third-order valence-electron chi connectivity index (χ3n) is 12.0. The van der Waals surface area contributed by atoms with Crippen molar-refractivity contribution in [2.75, 3.05) is 0 Å². The smallest absolute Gasteiger partial charge is 0.246 e. The van der Waals surface area contributed by atoms with Crippen LogP contribution in [0.25, 0.3) is 0 Å². The van der Waals surface area contributed by atoms with E-state index in [1.54, 1.807) is 10.1 Å². The molecule has 1 aromatic heterocycles. The fourth-order valence-corrected chi connectivity index (χ4v) is 9.70. The zero-order valence-electron chi connectivity index (χ0n) is 21.3. The molecule has 2 aliphatic heterocycles. The average Bonchev–Trinajstić information content (AvgIpc) is 3.25. The van der Waals surface area contributed by atoms with E-state index in [-0.39, 0.29) is 45.7 Å². The first-order valence-electron chi connectivity index (χ1n) is 14.2. The Hall–Kier alpha value is -1.78. The summed E-state index contributed by atoms with van der Waals surface area (Å²) in [6.07, 6.45) is 21.9. The molecule has 1 aromatic rings. The van der Waals surface area contributed by atoms with Crippen LogP contribution in [0.3, 0.4) is 0 Å². The zero-order chi connectivity index (χ0) is 23.5. The molecule has 2 saturated carbocycles. The minimum Gasteiger partial charge on any atom is -0.246 e. The monoisotopic (exact) mass is 463 g/mol. The van der Waals surface area contributed by atoms with Gasteiger partial charge in [0.1, 0.15) is 0 Å². The highest BCUT2D eigenvalue weighted by molar-refractivity contribution is 5.40. The Kier molecular flexibility index (Phi) is 4.37. The van der Waals surface area contributed by atoms with Crippen molar-refractivity contribution in [2.24, 2.45) is 28.1 Å². The minimum atomic E-state index is -0.0419. The molecule has 0 radical (unpaired) electrons. The van der Waals surface area contributed by atoms with Gasteiger partial charge in [-0.3, -0.25) is 0 Å². The SMILES string of the molecule is CC1(C)[C@H]2CC[C@@]1(C)[C@@H](n1c(=O)n3n(c1=O)[C@H]1C=C[C@H]3[C@@]34C=C(CCCCCCCCC3)[C@H]14)C2. The van der Waals surface area contributed by atoms with Crippen molar-refractivity contribution in [1.29, 1.82) is 0 Å². The van der Waals surface area contributed by atoms with Gasteiger partial charge in [-0.1, -0.05) is 83.1 Å². The van der Waals surface area contributed by atoms with Crippen LogP contribution in [0.1, 0.15) is 116 Å². The summed E-state index contributed by atoms with van der Waals surface area (Å²) in [4.78, 5) is 28.2. The lowest BCUT2D eigenvalue weighted by molar-refractivity contribution is 0.0161. The second kappa shape index (κ2) is 6.91. The summed E-state index contributed by atoms with van der Waals surface area (Å²) < 4.78 is 5.53. The molecule has 0 amide bonds. The highest BCUT2D eigenvalue weighted by Gasteiger charge is 2.64. The van der Waals surface area contributed by atoms with Crippen LogP contribution >= 0.6 is 0 Å². The van der Waals surface area contributed by atoms with Gasteiger partial charge in [-0.25, -0.2) is 23.5 Å². The highest BCUT2D eigenvalue weighted by Crippen LogP contribution is 2.70. The summed E-state index contributed by atoms with van der Waals surface area (Å²) >= 11 is 0. The number of hydrogen-bond acceptors (Lipinski definition) is 2. The lowest BCUT2D eigenvalue weighted by atomic mass is 9.50. The van der Waals surface area contributed by atoms with Crippen LogP contribution in [0.15, 0.2) is 33.4 Å². The van der Waals surface area contributed by atoms with E-state index in [0.717, 1.165) is 19.3 Å². The predicted molar refractivity (Wildman–Crippen MR) is 134 cm³/mol. The van der Waals surface area contributed by atoms with E-state index in [0.29, 0.717) is 11.8 Å². The second-order valence-corrected chi connectivity index (χ2v) is 13.4. The van der Waals surface area contributed by atoms with Gasteiger partial charge >= 0.3 is 11.4 Å². The van der Waals surface area contributed by atoms with Crippen molar-refractivity contribution in [2.45, 2.75) is 116 Å². The molecule has 5 nitrogen and oxygen atoms in total. The van der Waals surface area contributed by atoms with Crippen LogP contribution in [0.4, 0.5) is 0 Å². The number of fused-ring (bicyclic) bond motifs is 2. The maximum Gasteiger partial charge on any atom is 0.348 e. The van der Waals surface area contributed by atoms with Gasteiger partial charge in [0.2, 0.25) is 0 Å². The fraction of sp³-hybridized carbons (Fsp3) is 0.793. The van der Waals surface area contributed by atoms with Crippen LogP contribution in [0.2, 0.25) is 0 Å². The van der Waals surface area contributed by atoms with Gasteiger partial charge in [-0.2, -0.15) is 0 Å². The number of hydrogen-bond donors (Lipinski definition) is 0. The Morgan fingerprint density at radius 3 is 2.26 bits per heavy atom. The standard InChI is InChI=1S/C29H41N3O2/c1-27(2)20-14-16-28(27,3)23(17-20)30-25(33)31-21-12-13-22(32(31)26(30)34)29-15-10-8-6-4-5-7-9-11-19(18-29)24(21)29/h12-13,18,20-24H,4-11,14-17H2,1-3H3/t20-,21-,22-,23-,24+,28-,29-/m0/s1. The molecule has 0 aromatic carbocycles. The summed E-state index contributed by atoms with van der Waals surface area (Å²) in [5.41, 5.74) is 1.70. The summed E-state index contributed by atoms with van der Waals surface area (Å²) in [7, 11) is 0. The molecule has 184 valence electrons. The van der Waals surface area contributed by atoms with Crippen molar-refractivity contribution < 1.29 is 0 Å². The maximum absolute atomic E-state index is 14.1. The summed E-state index contributed by atoms with van der Waals surface area (Å²) in [5.74, 6) is 1.01. The van der Waals surface area contributed by atoms with E-state index >= 15 is 0 Å². The molecule has 6 bridgehead atoms. The van der Waals surface area contributed by atoms with Gasteiger partial charge in [0.05, 0.1) is 12.1 Å². The van der Waals surface area contributed by atoms with E-state index in [2.05, 4.69) is 39.0 Å². The van der Waals surface area contributed by atoms with Crippen LogP contribution < -0.4 is 11.4 Å². The minimum absolute atomic E-state index is 0.00459. The third kappa shape index (κ3) is 2.38. The molecule has 8 rings (SSSR count). The second-order valence-electron chi connectivity index (χ2n) is 13.4. The quantitative estimate of drug-likeness (QED) is 0.485.